The van der Waals surface area contributed by atoms with Crippen molar-refractivity contribution in [3.05, 3.63) is 78.4 Å². The average molecular weight is 749 g/mol. The number of amides is 2. The third kappa shape index (κ3) is 9.02. The van der Waals surface area contributed by atoms with Crippen LogP contribution in [-0.4, -0.2) is 89.6 Å². The monoisotopic (exact) mass is 748 g/mol. The second kappa shape index (κ2) is 16.6. The number of H-pyrrole nitrogens is 1. The molecule has 15 heteroatoms. The van der Waals surface area contributed by atoms with Gasteiger partial charge in [0, 0.05) is 62.3 Å². The van der Waals surface area contributed by atoms with Gasteiger partial charge in [-0.15, -0.1) is 13.2 Å². The molecule has 4 aromatic rings. The van der Waals surface area contributed by atoms with Crippen molar-refractivity contribution >= 4 is 23.3 Å². The summed E-state index contributed by atoms with van der Waals surface area (Å²) in [6.45, 7) is 10.6. The van der Waals surface area contributed by atoms with Gasteiger partial charge in [-0.2, -0.15) is 0 Å². The van der Waals surface area contributed by atoms with E-state index in [4.69, 9.17) is 4.74 Å². The maximum Gasteiger partial charge on any atom is 0.573 e. The van der Waals surface area contributed by atoms with E-state index in [1.54, 1.807) is 49.7 Å². The Bertz CT molecular complexity index is 1900. The first kappa shape index (κ1) is 38.7. The minimum atomic E-state index is -4.97. The van der Waals surface area contributed by atoms with Gasteiger partial charge < -0.3 is 34.9 Å². The van der Waals surface area contributed by atoms with Gasteiger partial charge in [0.15, 0.2) is 0 Å². The van der Waals surface area contributed by atoms with Crippen LogP contribution in [0.4, 0.5) is 24.7 Å². The van der Waals surface area contributed by atoms with E-state index >= 15 is 0 Å². The summed E-state index contributed by atoms with van der Waals surface area (Å²) >= 11 is 0. The van der Waals surface area contributed by atoms with Crippen LogP contribution in [0.3, 0.4) is 0 Å². The van der Waals surface area contributed by atoms with Gasteiger partial charge in [-0.25, -0.2) is 9.97 Å². The zero-order valence-corrected chi connectivity index (χ0v) is 31.0. The standard InChI is InChI=1S/C39H47F3N8O4/c1-23(2)35(46-22-53-5)38(52)49-16-6-7-32(49)36-45-20-31(48-36)27-10-8-26(9-11-27)30-14-13-29(17-33(30)54-39(40,41)42)47-37(51)28-12-15-34(44-19-28)50-21-24(3)43-18-25(50)4/h8-15,17,19-20,23-25,32,35,43,46H,6-7,16,18,21-22H2,1-5H3,(H,45,48)(H,47,51). The molecular weight excluding hydrogens is 701 g/mol. The van der Waals surface area contributed by atoms with Crippen LogP contribution in [0.5, 0.6) is 5.75 Å². The molecule has 2 saturated heterocycles. The minimum Gasteiger partial charge on any atom is -0.405 e. The van der Waals surface area contributed by atoms with Gasteiger partial charge in [-0.3, -0.25) is 14.9 Å². The number of rotatable bonds is 12. The number of halogens is 3. The second-order valence-electron chi connectivity index (χ2n) is 14.2. The molecule has 2 fully saturated rings. The number of aromatic amines is 1. The Kier molecular flexibility index (Phi) is 11.9. The maximum absolute atomic E-state index is 13.6. The summed E-state index contributed by atoms with van der Waals surface area (Å²) in [6.07, 6.45) is -0.194. The van der Waals surface area contributed by atoms with Crippen LogP contribution in [-0.2, 0) is 9.53 Å². The Morgan fingerprint density at radius 2 is 1.78 bits per heavy atom. The van der Waals surface area contributed by atoms with Gasteiger partial charge in [-0.05, 0) is 68.0 Å². The van der Waals surface area contributed by atoms with E-state index in [0.717, 1.165) is 43.4 Å². The molecule has 0 saturated carbocycles. The Balaban J connectivity index is 1.16. The van der Waals surface area contributed by atoms with Gasteiger partial charge in [0.25, 0.3) is 5.91 Å². The molecule has 288 valence electrons. The third-order valence-corrected chi connectivity index (χ3v) is 9.87. The summed E-state index contributed by atoms with van der Waals surface area (Å²) in [5, 5.41) is 9.27. The lowest BCUT2D eigenvalue weighted by atomic mass is 10.0. The minimum absolute atomic E-state index is 0.00394. The predicted octanol–water partition coefficient (Wildman–Crippen LogP) is 6.36. The van der Waals surface area contributed by atoms with E-state index in [9.17, 15) is 22.8 Å². The third-order valence-electron chi connectivity index (χ3n) is 9.87. The van der Waals surface area contributed by atoms with Crippen LogP contribution >= 0.6 is 0 Å². The van der Waals surface area contributed by atoms with Gasteiger partial charge in [-0.1, -0.05) is 38.1 Å². The number of carbonyl (C=O) groups is 2. The average Bonchev–Trinajstić information content (AvgIpc) is 3.83. The molecule has 4 heterocycles. The molecule has 4 unspecified atom stereocenters. The van der Waals surface area contributed by atoms with Crippen molar-refractivity contribution < 1.29 is 32.2 Å². The number of hydrogen-bond acceptors (Lipinski definition) is 9. The van der Waals surface area contributed by atoms with Crippen molar-refractivity contribution in [3.8, 4) is 28.1 Å². The summed E-state index contributed by atoms with van der Waals surface area (Å²) in [4.78, 5) is 43.1. The lowest BCUT2D eigenvalue weighted by Gasteiger charge is -2.38. The van der Waals surface area contributed by atoms with Crippen molar-refractivity contribution in [1.29, 1.82) is 0 Å². The number of likely N-dealkylation sites (tertiary alicyclic amines) is 1. The molecule has 4 atom stereocenters. The summed E-state index contributed by atoms with van der Waals surface area (Å²) in [6, 6.07) is 14.4. The van der Waals surface area contributed by atoms with Crippen LogP contribution < -0.4 is 25.6 Å². The smallest absolute Gasteiger partial charge is 0.405 e. The van der Waals surface area contributed by atoms with Crippen molar-refractivity contribution in [2.24, 2.45) is 5.92 Å². The van der Waals surface area contributed by atoms with Gasteiger partial charge in [0.05, 0.1) is 36.3 Å². The Hall–Kier alpha value is -4.99. The Morgan fingerprint density at radius 3 is 2.46 bits per heavy atom. The van der Waals surface area contributed by atoms with E-state index in [0.29, 0.717) is 29.7 Å². The molecule has 6 rings (SSSR count). The number of nitrogens with zero attached hydrogens (tertiary/aromatic N) is 4. The van der Waals surface area contributed by atoms with Crippen LogP contribution in [0.15, 0.2) is 67.0 Å². The highest BCUT2D eigenvalue weighted by molar-refractivity contribution is 6.04. The number of aromatic nitrogens is 3. The molecule has 4 N–H and O–H groups in total. The lowest BCUT2D eigenvalue weighted by molar-refractivity contribution is -0.274. The van der Waals surface area contributed by atoms with E-state index in [2.05, 4.69) is 54.4 Å². The molecule has 0 spiro atoms. The normalized spacial score (nSPS) is 19.6. The molecule has 0 aliphatic carbocycles. The molecular formula is C39H47F3N8O4. The first-order valence-corrected chi connectivity index (χ1v) is 18.2. The number of nitrogens with one attached hydrogen (secondary N) is 4. The largest absolute Gasteiger partial charge is 0.573 e. The first-order chi connectivity index (χ1) is 25.8. The highest BCUT2D eigenvalue weighted by Gasteiger charge is 2.37. The molecule has 2 aromatic carbocycles. The zero-order valence-electron chi connectivity index (χ0n) is 31.0. The van der Waals surface area contributed by atoms with Gasteiger partial charge in [0.1, 0.15) is 17.4 Å². The number of hydrogen-bond donors (Lipinski definition) is 4. The van der Waals surface area contributed by atoms with Crippen LogP contribution in [0.25, 0.3) is 22.4 Å². The molecule has 2 aliphatic rings. The quantitative estimate of drug-likeness (QED) is 0.122. The lowest BCUT2D eigenvalue weighted by Crippen LogP contribution is -2.54. The van der Waals surface area contributed by atoms with Gasteiger partial charge >= 0.3 is 6.36 Å². The SMILES string of the molecule is COCNC(C(=O)N1CCCC1c1ncc(-c2ccc(-c3ccc(NC(=O)c4ccc(N5CC(C)NCC5C)nc4)cc3OC(F)(F)F)cc2)[nH]1)C(C)C. The molecule has 0 radical (unpaired) electrons. The van der Waals surface area contributed by atoms with Crippen LogP contribution in [0, 0.1) is 5.92 Å². The van der Waals surface area contributed by atoms with Crippen molar-refractivity contribution in [2.75, 3.05) is 43.7 Å². The molecule has 2 aliphatic heterocycles. The topological polar surface area (TPSA) is 137 Å². The number of ether oxygens (including phenoxy) is 2. The van der Waals surface area contributed by atoms with E-state index < -0.39 is 24.1 Å². The number of carbonyl (C=O) groups excluding carboxylic acids is 2. The van der Waals surface area contributed by atoms with Crippen LogP contribution in [0.2, 0.25) is 0 Å². The number of piperazine rings is 1. The summed E-state index contributed by atoms with van der Waals surface area (Å²) < 4.78 is 50.4. The molecule has 2 aromatic heterocycles. The maximum atomic E-state index is 13.6. The molecule has 54 heavy (non-hydrogen) atoms. The summed E-state index contributed by atoms with van der Waals surface area (Å²) in [7, 11) is 1.57. The molecule has 12 nitrogen and oxygen atoms in total. The summed E-state index contributed by atoms with van der Waals surface area (Å²) in [5.74, 6) is 0.498. The second-order valence-corrected chi connectivity index (χ2v) is 14.2. The predicted molar refractivity (Wildman–Crippen MR) is 200 cm³/mol. The highest BCUT2D eigenvalue weighted by Crippen LogP contribution is 2.38. The fourth-order valence-corrected chi connectivity index (χ4v) is 7.04. The van der Waals surface area contributed by atoms with Gasteiger partial charge in [0.2, 0.25) is 5.91 Å². The number of alkyl halides is 3. The number of benzene rings is 2. The molecule has 0 bridgehead atoms. The van der Waals surface area contributed by atoms with E-state index in [1.807, 2.05) is 18.7 Å². The number of methoxy groups -OCH3 is 1. The summed E-state index contributed by atoms with van der Waals surface area (Å²) in [5.41, 5.74) is 2.53. The van der Waals surface area contributed by atoms with E-state index in [-0.39, 0.29) is 47.5 Å². The number of anilines is 2. The highest BCUT2D eigenvalue weighted by atomic mass is 19.4. The Morgan fingerprint density at radius 1 is 1.02 bits per heavy atom. The fraction of sp³-hybridized carbons (Fsp3) is 0.436. The van der Waals surface area contributed by atoms with Crippen molar-refractivity contribution in [2.45, 2.75) is 71.1 Å². The fourth-order valence-electron chi connectivity index (χ4n) is 7.04. The zero-order chi connectivity index (χ0) is 38.6. The Labute approximate surface area is 312 Å². The number of pyridine rings is 1. The number of imidazole rings is 1. The van der Waals surface area contributed by atoms with Crippen LogP contribution in [0.1, 0.15) is 62.8 Å². The molecule has 2 amide bonds. The first-order valence-electron chi connectivity index (χ1n) is 18.2. The van der Waals surface area contributed by atoms with E-state index in [1.165, 1.54) is 18.3 Å². The van der Waals surface area contributed by atoms with Crippen molar-refractivity contribution in [1.82, 2.24) is 30.5 Å². The van der Waals surface area contributed by atoms with Crippen molar-refractivity contribution in [3.63, 3.8) is 0 Å².